The maximum absolute atomic E-state index is 5.85. The molecule has 0 aromatic rings. The summed E-state index contributed by atoms with van der Waals surface area (Å²) < 4.78 is 11.7. The van der Waals surface area contributed by atoms with Crippen molar-refractivity contribution in [2.24, 2.45) is 0 Å². The van der Waals surface area contributed by atoms with Crippen molar-refractivity contribution in [2.75, 3.05) is 13.2 Å². The van der Waals surface area contributed by atoms with Gasteiger partial charge in [0.05, 0.1) is 0 Å². The second-order valence-electron chi connectivity index (χ2n) is 5.56. The molecule has 0 saturated carbocycles. The first kappa shape index (κ1) is 20.2. The summed E-state index contributed by atoms with van der Waals surface area (Å²) in [6.07, 6.45) is 9.94. The van der Waals surface area contributed by atoms with Crippen LogP contribution in [0.5, 0.6) is 0 Å². The van der Waals surface area contributed by atoms with E-state index < -0.39 is 8.56 Å². The van der Waals surface area contributed by atoms with Gasteiger partial charge in [-0.15, -0.1) is 0 Å². The zero-order chi connectivity index (χ0) is 15.3. The number of thiocarbonyl (C=S) groups is 1. The zero-order valence-electron chi connectivity index (χ0n) is 14.0. The Balaban J connectivity index is 3.72. The quantitative estimate of drug-likeness (QED) is 0.234. The van der Waals surface area contributed by atoms with Crippen molar-refractivity contribution in [2.45, 2.75) is 84.7 Å². The van der Waals surface area contributed by atoms with Gasteiger partial charge in [-0.3, -0.25) is 0 Å². The van der Waals surface area contributed by atoms with Crippen molar-refractivity contribution in [3.63, 3.8) is 0 Å². The second kappa shape index (κ2) is 12.9. The SMILES string of the molecule is CCCCCCCC(=S)CCC[Si](C)(OCC)OCC. The van der Waals surface area contributed by atoms with Gasteiger partial charge in [0, 0.05) is 13.2 Å². The van der Waals surface area contributed by atoms with Crippen molar-refractivity contribution in [1.29, 1.82) is 0 Å². The maximum Gasteiger partial charge on any atom is 0.334 e. The summed E-state index contributed by atoms with van der Waals surface area (Å²) in [7, 11) is -1.92. The standard InChI is InChI=1S/C16H34O2SSi/c1-5-8-9-10-11-13-16(19)14-12-15-20(4,17-6-2)18-7-3/h5-15H2,1-4H3. The van der Waals surface area contributed by atoms with Crippen molar-refractivity contribution >= 4 is 25.6 Å². The first-order chi connectivity index (χ1) is 9.58. The molecule has 0 unspecified atom stereocenters. The summed E-state index contributed by atoms with van der Waals surface area (Å²) in [6.45, 7) is 10.0. The van der Waals surface area contributed by atoms with Crippen LogP contribution in [0.1, 0.15) is 72.1 Å². The minimum Gasteiger partial charge on any atom is -0.395 e. The molecule has 0 spiro atoms. The van der Waals surface area contributed by atoms with Crippen LogP contribution in [0, 0.1) is 0 Å². The minimum absolute atomic E-state index is 0.755. The first-order valence-electron chi connectivity index (χ1n) is 8.37. The largest absolute Gasteiger partial charge is 0.395 e. The summed E-state index contributed by atoms with van der Waals surface area (Å²) in [6, 6.07) is 1.06. The van der Waals surface area contributed by atoms with Crippen LogP contribution in [0.2, 0.25) is 12.6 Å². The molecule has 0 fully saturated rings. The average molecular weight is 319 g/mol. The molecule has 0 amide bonds. The number of rotatable bonds is 14. The van der Waals surface area contributed by atoms with Crippen LogP contribution < -0.4 is 0 Å². The normalized spacial score (nSPS) is 11.8. The highest BCUT2D eigenvalue weighted by molar-refractivity contribution is 7.80. The van der Waals surface area contributed by atoms with Gasteiger partial charge in [-0.25, -0.2) is 0 Å². The smallest absolute Gasteiger partial charge is 0.334 e. The number of unbranched alkanes of at least 4 members (excludes halogenated alkanes) is 4. The van der Waals surface area contributed by atoms with E-state index in [9.17, 15) is 0 Å². The highest BCUT2D eigenvalue weighted by Crippen LogP contribution is 2.18. The van der Waals surface area contributed by atoms with E-state index in [1.54, 1.807) is 0 Å². The Kier molecular flexibility index (Phi) is 13.1. The molecule has 20 heavy (non-hydrogen) atoms. The van der Waals surface area contributed by atoms with E-state index in [1.165, 1.54) is 37.0 Å². The third-order valence-electron chi connectivity index (χ3n) is 3.55. The highest BCUT2D eigenvalue weighted by Gasteiger charge is 2.29. The maximum atomic E-state index is 5.85. The molecule has 0 aromatic heterocycles. The molecule has 0 aliphatic heterocycles. The van der Waals surface area contributed by atoms with Gasteiger partial charge in [-0.1, -0.05) is 44.8 Å². The van der Waals surface area contributed by atoms with E-state index in [4.69, 9.17) is 21.1 Å². The van der Waals surface area contributed by atoms with Gasteiger partial charge in [0.2, 0.25) is 0 Å². The lowest BCUT2D eigenvalue weighted by Crippen LogP contribution is -2.38. The predicted octanol–water partition coefficient (Wildman–Crippen LogP) is 5.64. The van der Waals surface area contributed by atoms with Gasteiger partial charge in [0.15, 0.2) is 0 Å². The van der Waals surface area contributed by atoms with E-state index in [0.29, 0.717) is 0 Å². The summed E-state index contributed by atoms with van der Waals surface area (Å²) in [4.78, 5) is 1.24. The van der Waals surface area contributed by atoms with Crippen LogP contribution >= 0.6 is 12.2 Å². The monoisotopic (exact) mass is 318 g/mol. The van der Waals surface area contributed by atoms with Gasteiger partial charge in [0.25, 0.3) is 0 Å². The fraction of sp³-hybridized carbons (Fsp3) is 0.938. The van der Waals surface area contributed by atoms with Crippen molar-refractivity contribution in [3.05, 3.63) is 0 Å². The minimum atomic E-state index is -1.92. The predicted molar refractivity (Wildman–Crippen MR) is 94.9 cm³/mol. The fourth-order valence-electron chi connectivity index (χ4n) is 2.45. The van der Waals surface area contributed by atoms with E-state index in [1.807, 2.05) is 13.8 Å². The summed E-state index contributed by atoms with van der Waals surface area (Å²) in [5, 5.41) is 0. The van der Waals surface area contributed by atoms with Gasteiger partial charge in [-0.2, -0.15) is 0 Å². The first-order valence-corrected chi connectivity index (χ1v) is 11.3. The molecule has 0 aliphatic carbocycles. The third kappa shape index (κ3) is 10.9. The second-order valence-corrected chi connectivity index (χ2v) is 9.48. The zero-order valence-corrected chi connectivity index (χ0v) is 15.8. The molecular formula is C16H34O2SSi. The average Bonchev–Trinajstić information content (AvgIpc) is 2.39. The summed E-state index contributed by atoms with van der Waals surface area (Å²) in [5.74, 6) is 0. The lowest BCUT2D eigenvalue weighted by Gasteiger charge is -2.25. The molecule has 2 nitrogen and oxygen atoms in total. The fourth-order valence-corrected chi connectivity index (χ4v) is 5.16. The highest BCUT2D eigenvalue weighted by atomic mass is 32.1. The Morgan fingerprint density at radius 2 is 1.40 bits per heavy atom. The molecule has 0 rings (SSSR count). The van der Waals surface area contributed by atoms with Gasteiger partial charge in [-0.05, 0) is 57.0 Å². The molecule has 0 saturated heterocycles. The van der Waals surface area contributed by atoms with E-state index in [0.717, 1.165) is 38.5 Å². The molecule has 4 heteroatoms. The molecule has 120 valence electrons. The van der Waals surface area contributed by atoms with Crippen molar-refractivity contribution < 1.29 is 8.85 Å². The molecule has 0 aliphatic rings. The lowest BCUT2D eigenvalue weighted by molar-refractivity contribution is 0.188. The Morgan fingerprint density at radius 1 is 0.850 bits per heavy atom. The van der Waals surface area contributed by atoms with Gasteiger partial charge >= 0.3 is 8.56 Å². The van der Waals surface area contributed by atoms with E-state index in [-0.39, 0.29) is 0 Å². The molecule has 0 N–H and O–H groups in total. The van der Waals surface area contributed by atoms with Crippen LogP contribution in [0.25, 0.3) is 0 Å². The third-order valence-corrected chi connectivity index (χ3v) is 7.01. The van der Waals surface area contributed by atoms with Crippen LogP contribution in [-0.2, 0) is 8.85 Å². The van der Waals surface area contributed by atoms with E-state index >= 15 is 0 Å². The molecule has 0 atom stereocenters. The molecular weight excluding hydrogens is 284 g/mol. The topological polar surface area (TPSA) is 18.5 Å². The lowest BCUT2D eigenvalue weighted by atomic mass is 10.1. The molecule has 0 heterocycles. The number of hydrogen-bond acceptors (Lipinski definition) is 3. The van der Waals surface area contributed by atoms with Crippen LogP contribution in [-0.4, -0.2) is 26.6 Å². The molecule has 0 radical (unpaired) electrons. The van der Waals surface area contributed by atoms with Gasteiger partial charge < -0.3 is 8.85 Å². The molecule has 0 bridgehead atoms. The van der Waals surface area contributed by atoms with Crippen molar-refractivity contribution in [3.8, 4) is 0 Å². The Hall–Kier alpha value is 0.227. The van der Waals surface area contributed by atoms with Crippen LogP contribution in [0.4, 0.5) is 0 Å². The van der Waals surface area contributed by atoms with Crippen LogP contribution in [0.15, 0.2) is 0 Å². The summed E-state index contributed by atoms with van der Waals surface area (Å²) >= 11 is 5.48. The van der Waals surface area contributed by atoms with Crippen molar-refractivity contribution in [1.82, 2.24) is 0 Å². The Bertz CT molecular complexity index is 241. The van der Waals surface area contributed by atoms with Crippen LogP contribution in [0.3, 0.4) is 0 Å². The number of hydrogen-bond donors (Lipinski definition) is 0. The summed E-state index contributed by atoms with van der Waals surface area (Å²) in [5.41, 5.74) is 0. The Labute approximate surface area is 132 Å². The van der Waals surface area contributed by atoms with E-state index in [2.05, 4.69) is 13.5 Å². The van der Waals surface area contributed by atoms with Gasteiger partial charge in [0.1, 0.15) is 0 Å². The Morgan fingerprint density at radius 3 is 1.95 bits per heavy atom. The molecule has 0 aromatic carbocycles.